The average Bonchev–Trinajstić information content (AvgIpc) is 2.83. The van der Waals surface area contributed by atoms with Gasteiger partial charge in [-0.25, -0.2) is 4.39 Å². The highest BCUT2D eigenvalue weighted by molar-refractivity contribution is 5.38. The summed E-state index contributed by atoms with van der Waals surface area (Å²) in [5, 5.41) is 14.8. The van der Waals surface area contributed by atoms with E-state index < -0.39 is 5.82 Å². The fraction of sp³-hybridized carbons (Fsp3) is 0.462. The summed E-state index contributed by atoms with van der Waals surface area (Å²) in [5.74, 6) is 0.357. The van der Waals surface area contributed by atoms with Crippen molar-refractivity contribution in [2.75, 3.05) is 7.11 Å². The van der Waals surface area contributed by atoms with Crippen LogP contribution in [0, 0.1) is 5.82 Å². The fourth-order valence-electron chi connectivity index (χ4n) is 1.65. The van der Waals surface area contributed by atoms with Crippen molar-refractivity contribution in [2.45, 2.75) is 32.9 Å². The SMILES string of the molecule is COc1ccc(-n2nnnc2CNC(C)(C)C)cc1F. The Hall–Kier alpha value is -2.02. The molecule has 6 nitrogen and oxygen atoms in total. The third-order valence-electron chi connectivity index (χ3n) is 2.69. The molecule has 0 atom stereocenters. The molecule has 0 bridgehead atoms. The minimum Gasteiger partial charge on any atom is -0.494 e. The molecule has 7 heteroatoms. The molecule has 0 aliphatic rings. The Morgan fingerprint density at radius 1 is 1.35 bits per heavy atom. The number of tetrazole rings is 1. The number of hydrogen-bond acceptors (Lipinski definition) is 5. The second kappa shape index (κ2) is 5.54. The van der Waals surface area contributed by atoms with E-state index in [1.807, 2.05) is 20.8 Å². The van der Waals surface area contributed by atoms with Gasteiger partial charge in [0.2, 0.25) is 0 Å². The van der Waals surface area contributed by atoms with Crippen LogP contribution < -0.4 is 10.1 Å². The number of benzene rings is 1. The van der Waals surface area contributed by atoms with Crippen molar-refractivity contribution in [2.24, 2.45) is 0 Å². The van der Waals surface area contributed by atoms with E-state index in [-0.39, 0.29) is 11.3 Å². The largest absolute Gasteiger partial charge is 0.494 e. The predicted molar refractivity (Wildman–Crippen MR) is 72.3 cm³/mol. The van der Waals surface area contributed by atoms with Crippen LogP contribution in [0.5, 0.6) is 5.75 Å². The molecule has 1 N–H and O–H groups in total. The van der Waals surface area contributed by atoms with E-state index in [0.29, 0.717) is 18.1 Å². The van der Waals surface area contributed by atoms with Gasteiger partial charge in [-0.05, 0) is 43.3 Å². The first-order valence-corrected chi connectivity index (χ1v) is 6.27. The lowest BCUT2D eigenvalue weighted by Crippen LogP contribution is -2.35. The number of aromatic nitrogens is 4. The standard InChI is InChI=1S/C13H18FN5O/c1-13(2,3)15-8-12-16-17-18-19(12)9-5-6-11(20-4)10(14)7-9/h5-7,15H,8H2,1-4H3. The maximum Gasteiger partial charge on any atom is 0.170 e. The molecule has 0 saturated carbocycles. The van der Waals surface area contributed by atoms with Crippen LogP contribution in [0.3, 0.4) is 0 Å². The van der Waals surface area contributed by atoms with Crippen molar-refractivity contribution in [3.63, 3.8) is 0 Å². The molecule has 0 amide bonds. The Balaban J connectivity index is 2.25. The molecule has 2 aromatic rings. The number of methoxy groups -OCH3 is 1. The molecule has 0 saturated heterocycles. The van der Waals surface area contributed by atoms with E-state index in [9.17, 15) is 4.39 Å². The molecule has 108 valence electrons. The van der Waals surface area contributed by atoms with Crippen LogP contribution in [-0.4, -0.2) is 32.9 Å². The number of rotatable bonds is 4. The zero-order valence-electron chi connectivity index (χ0n) is 12.0. The minimum absolute atomic E-state index is 0.0536. The molecule has 1 heterocycles. The second-order valence-corrected chi connectivity index (χ2v) is 5.43. The number of nitrogens with one attached hydrogen (secondary N) is 1. The number of ether oxygens (including phenoxy) is 1. The van der Waals surface area contributed by atoms with E-state index in [0.717, 1.165) is 0 Å². The maximum atomic E-state index is 13.7. The van der Waals surface area contributed by atoms with Gasteiger partial charge in [-0.3, -0.25) is 0 Å². The molecule has 20 heavy (non-hydrogen) atoms. The van der Waals surface area contributed by atoms with Crippen LogP contribution in [0.2, 0.25) is 0 Å². The summed E-state index contributed by atoms with van der Waals surface area (Å²) in [4.78, 5) is 0. The van der Waals surface area contributed by atoms with Gasteiger partial charge < -0.3 is 10.1 Å². The summed E-state index contributed by atoms with van der Waals surface area (Å²) in [6.45, 7) is 6.64. The molecule has 0 unspecified atom stereocenters. The quantitative estimate of drug-likeness (QED) is 0.922. The van der Waals surface area contributed by atoms with Gasteiger partial charge in [0.15, 0.2) is 17.4 Å². The smallest absolute Gasteiger partial charge is 0.170 e. The fourth-order valence-corrected chi connectivity index (χ4v) is 1.65. The Morgan fingerprint density at radius 3 is 2.70 bits per heavy atom. The third kappa shape index (κ3) is 3.30. The van der Waals surface area contributed by atoms with Gasteiger partial charge >= 0.3 is 0 Å². The Kier molecular flexibility index (Phi) is 3.99. The molecule has 1 aromatic heterocycles. The van der Waals surface area contributed by atoms with E-state index in [4.69, 9.17) is 4.74 Å². The molecule has 0 aliphatic heterocycles. The van der Waals surface area contributed by atoms with Crippen LogP contribution in [0.15, 0.2) is 18.2 Å². The zero-order valence-corrected chi connectivity index (χ0v) is 12.0. The predicted octanol–water partition coefficient (Wildman–Crippen LogP) is 1.70. The highest BCUT2D eigenvalue weighted by atomic mass is 19.1. The van der Waals surface area contributed by atoms with Crippen LogP contribution in [0.25, 0.3) is 5.69 Å². The number of halogens is 1. The summed E-state index contributed by atoms with van der Waals surface area (Å²) < 4.78 is 20.1. The van der Waals surface area contributed by atoms with Crippen molar-refractivity contribution >= 4 is 0 Å². The highest BCUT2D eigenvalue weighted by Crippen LogP contribution is 2.20. The molecular formula is C13H18FN5O. The van der Waals surface area contributed by atoms with Gasteiger partial charge in [-0.15, -0.1) is 5.10 Å². The van der Waals surface area contributed by atoms with Crippen LogP contribution in [0.1, 0.15) is 26.6 Å². The van der Waals surface area contributed by atoms with Crippen molar-refractivity contribution in [3.05, 3.63) is 29.8 Å². The number of hydrogen-bond donors (Lipinski definition) is 1. The van der Waals surface area contributed by atoms with Gasteiger partial charge in [-0.2, -0.15) is 4.68 Å². The monoisotopic (exact) mass is 279 g/mol. The van der Waals surface area contributed by atoms with Gasteiger partial charge in [0.25, 0.3) is 0 Å². The highest BCUT2D eigenvalue weighted by Gasteiger charge is 2.14. The van der Waals surface area contributed by atoms with E-state index in [1.54, 1.807) is 12.1 Å². The normalized spacial score (nSPS) is 11.7. The van der Waals surface area contributed by atoms with Crippen LogP contribution in [0.4, 0.5) is 4.39 Å². The molecule has 0 aliphatic carbocycles. The third-order valence-corrected chi connectivity index (χ3v) is 2.69. The molecule has 0 spiro atoms. The van der Waals surface area contributed by atoms with Gasteiger partial charge in [0, 0.05) is 11.6 Å². The lowest BCUT2D eigenvalue weighted by Gasteiger charge is -2.19. The summed E-state index contributed by atoms with van der Waals surface area (Å²) in [5.41, 5.74) is 0.501. The van der Waals surface area contributed by atoms with E-state index >= 15 is 0 Å². The van der Waals surface area contributed by atoms with Crippen molar-refractivity contribution in [3.8, 4) is 11.4 Å². The molecule has 0 fully saturated rings. The first-order valence-electron chi connectivity index (χ1n) is 6.27. The molecule has 2 rings (SSSR count). The van der Waals surface area contributed by atoms with E-state index in [2.05, 4.69) is 20.8 Å². The molecule has 0 radical (unpaired) electrons. The van der Waals surface area contributed by atoms with Crippen LogP contribution in [-0.2, 0) is 6.54 Å². The topological polar surface area (TPSA) is 64.9 Å². The lowest BCUT2D eigenvalue weighted by molar-refractivity contribution is 0.386. The van der Waals surface area contributed by atoms with Crippen molar-refractivity contribution in [1.82, 2.24) is 25.5 Å². The van der Waals surface area contributed by atoms with Crippen molar-refractivity contribution in [1.29, 1.82) is 0 Å². The first kappa shape index (κ1) is 14.4. The Labute approximate surface area is 116 Å². The van der Waals surface area contributed by atoms with Gasteiger partial charge in [0.05, 0.1) is 19.3 Å². The molecular weight excluding hydrogens is 261 g/mol. The second-order valence-electron chi connectivity index (χ2n) is 5.43. The summed E-state index contributed by atoms with van der Waals surface area (Å²) in [6, 6.07) is 4.60. The van der Waals surface area contributed by atoms with Gasteiger partial charge in [0.1, 0.15) is 0 Å². The summed E-state index contributed by atoms with van der Waals surface area (Å²) in [7, 11) is 1.42. The minimum atomic E-state index is -0.449. The maximum absolute atomic E-state index is 13.7. The zero-order chi connectivity index (χ0) is 14.8. The Morgan fingerprint density at radius 2 is 2.10 bits per heavy atom. The Bertz CT molecular complexity index is 591. The lowest BCUT2D eigenvalue weighted by atomic mass is 10.1. The van der Waals surface area contributed by atoms with Crippen molar-refractivity contribution < 1.29 is 9.13 Å². The summed E-state index contributed by atoms with van der Waals surface area (Å²) >= 11 is 0. The van der Waals surface area contributed by atoms with Crippen LogP contribution >= 0.6 is 0 Å². The van der Waals surface area contributed by atoms with E-state index in [1.165, 1.54) is 17.9 Å². The van der Waals surface area contributed by atoms with Gasteiger partial charge in [-0.1, -0.05) is 0 Å². The number of nitrogens with zero attached hydrogens (tertiary/aromatic N) is 4. The molecule has 1 aromatic carbocycles. The first-order chi connectivity index (χ1) is 9.40. The summed E-state index contributed by atoms with van der Waals surface area (Å²) in [6.07, 6.45) is 0. The average molecular weight is 279 g/mol.